The van der Waals surface area contributed by atoms with Gasteiger partial charge in [0.15, 0.2) is 0 Å². The molecule has 90 valence electrons. The minimum atomic E-state index is -0.861. The maximum Gasteiger partial charge on any atom is 0.325 e. The van der Waals surface area contributed by atoms with Crippen molar-refractivity contribution in [3.8, 4) is 0 Å². The van der Waals surface area contributed by atoms with E-state index in [1.807, 2.05) is 30.3 Å². The minimum Gasteiger partial charge on any atom is -0.480 e. The van der Waals surface area contributed by atoms with Crippen molar-refractivity contribution in [3.63, 3.8) is 0 Å². The number of aliphatic carboxylic acids is 1. The molecule has 0 aliphatic carbocycles. The van der Waals surface area contributed by atoms with Crippen LogP contribution in [0.15, 0.2) is 55.6 Å². The highest BCUT2D eigenvalue weighted by Gasteiger charge is 2.25. The van der Waals surface area contributed by atoms with Crippen molar-refractivity contribution in [1.82, 2.24) is 4.90 Å². The van der Waals surface area contributed by atoms with Crippen molar-refractivity contribution in [2.75, 3.05) is 13.1 Å². The fourth-order valence-electron chi connectivity index (χ4n) is 1.76. The lowest BCUT2D eigenvalue weighted by molar-refractivity contribution is -0.143. The minimum absolute atomic E-state index is 0.512. The van der Waals surface area contributed by atoms with Crippen molar-refractivity contribution in [2.45, 2.75) is 6.04 Å². The van der Waals surface area contributed by atoms with Gasteiger partial charge in [0.25, 0.3) is 0 Å². The highest BCUT2D eigenvalue weighted by Crippen LogP contribution is 2.20. The molecule has 0 aliphatic heterocycles. The summed E-state index contributed by atoms with van der Waals surface area (Å²) >= 11 is 0. The van der Waals surface area contributed by atoms with Crippen LogP contribution in [0.5, 0.6) is 0 Å². The molecule has 0 aromatic heterocycles. The molecule has 3 heteroatoms. The summed E-state index contributed by atoms with van der Waals surface area (Å²) in [5.41, 5.74) is 0.767. The summed E-state index contributed by atoms with van der Waals surface area (Å²) in [4.78, 5) is 13.2. The first-order chi connectivity index (χ1) is 8.20. The number of rotatable bonds is 7. The van der Waals surface area contributed by atoms with E-state index in [1.165, 1.54) is 0 Å². The Kier molecular flexibility index (Phi) is 5.17. The molecule has 3 nitrogen and oxygen atoms in total. The summed E-state index contributed by atoms with van der Waals surface area (Å²) in [5.74, 6) is -0.861. The molecule has 0 spiro atoms. The Morgan fingerprint density at radius 1 is 1.24 bits per heavy atom. The molecule has 1 rings (SSSR count). The fraction of sp³-hybridized carbons (Fsp3) is 0.214. The topological polar surface area (TPSA) is 40.5 Å². The Hall–Kier alpha value is -1.87. The molecule has 0 heterocycles. The van der Waals surface area contributed by atoms with E-state index in [1.54, 1.807) is 17.1 Å². The number of carboxylic acids is 1. The van der Waals surface area contributed by atoms with Crippen LogP contribution in [0.25, 0.3) is 0 Å². The third-order valence-electron chi connectivity index (χ3n) is 2.44. The van der Waals surface area contributed by atoms with Crippen molar-refractivity contribution in [3.05, 3.63) is 61.2 Å². The summed E-state index contributed by atoms with van der Waals surface area (Å²) in [5, 5.41) is 9.34. The lowest BCUT2D eigenvalue weighted by Crippen LogP contribution is -2.34. The second-order valence-electron chi connectivity index (χ2n) is 3.68. The number of hydrogen-bond acceptors (Lipinski definition) is 2. The van der Waals surface area contributed by atoms with Gasteiger partial charge in [-0.2, -0.15) is 0 Å². The third kappa shape index (κ3) is 3.57. The Balaban J connectivity index is 3.01. The van der Waals surface area contributed by atoms with Crippen molar-refractivity contribution in [1.29, 1.82) is 0 Å². The van der Waals surface area contributed by atoms with Gasteiger partial charge in [0.1, 0.15) is 6.04 Å². The van der Waals surface area contributed by atoms with Gasteiger partial charge in [0.2, 0.25) is 0 Å². The van der Waals surface area contributed by atoms with E-state index in [4.69, 9.17) is 0 Å². The number of benzene rings is 1. The smallest absolute Gasteiger partial charge is 0.325 e. The third-order valence-corrected chi connectivity index (χ3v) is 2.44. The first-order valence-corrected chi connectivity index (χ1v) is 5.44. The second kappa shape index (κ2) is 6.66. The molecule has 1 atom stereocenters. The van der Waals surface area contributed by atoms with Crippen LogP contribution in [0.3, 0.4) is 0 Å². The molecule has 0 saturated heterocycles. The van der Waals surface area contributed by atoms with Crippen LogP contribution in [0.4, 0.5) is 0 Å². The van der Waals surface area contributed by atoms with Crippen LogP contribution < -0.4 is 0 Å². The average molecular weight is 231 g/mol. The van der Waals surface area contributed by atoms with Gasteiger partial charge in [0.05, 0.1) is 0 Å². The lowest BCUT2D eigenvalue weighted by Gasteiger charge is -2.26. The Morgan fingerprint density at radius 2 is 1.76 bits per heavy atom. The van der Waals surface area contributed by atoms with Crippen molar-refractivity contribution >= 4 is 5.97 Å². The van der Waals surface area contributed by atoms with Gasteiger partial charge in [-0.15, -0.1) is 13.2 Å². The molecular weight excluding hydrogens is 214 g/mol. The number of carbonyl (C=O) groups is 1. The molecule has 0 saturated carbocycles. The van der Waals surface area contributed by atoms with E-state index in [0.717, 1.165) is 5.56 Å². The van der Waals surface area contributed by atoms with Gasteiger partial charge in [-0.3, -0.25) is 9.69 Å². The number of hydrogen-bond donors (Lipinski definition) is 1. The molecule has 0 fully saturated rings. The highest BCUT2D eigenvalue weighted by molar-refractivity contribution is 5.75. The molecule has 1 aromatic rings. The Bertz CT molecular complexity index is 376. The predicted octanol–water partition coefficient (Wildman–Crippen LogP) is 2.49. The van der Waals surface area contributed by atoms with E-state index in [-0.39, 0.29) is 0 Å². The van der Waals surface area contributed by atoms with E-state index < -0.39 is 12.0 Å². The van der Waals surface area contributed by atoms with E-state index in [2.05, 4.69) is 13.2 Å². The normalized spacial score (nSPS) is 12.1. The molecule has 0 aliphatic rings. The van der Waals surface area contributed by atoms with Crippen LogP contribution in [0.1, 0.15) is 11.6 Å². The van der Waals surface area contributed by atoms with Gasteiger partial charge >= 0.3 is 5.97 Å². The molecule has 1 aromatic carbocycles. The predicted molar refractivity (Wildman–Crippen MR) is 68.8 cm³/mol. The van der Waals surface area contributed by atoms with Gasteiger partial charge in [0, 0.05) is 13.1 Å². The van der Waals surface area contributed by atoms with Crippen LogP contribution in [-0.4, -0.2) is 29.1 Å². The van der Waals surface area contributed by atoms with Crippen LogP contribution in [-0.2, 0) is 4.79 Å². The zero-order valence-electron chi connectivity index (χ0n) is 9.75. The SMILES string of the molecule is C=CCN(CC=C)C(C(=O)O)c1ccccc1. The van der Waals surface area contributed by atoms with Gasteiger partial charge in [-0.05, 0) is 5.56 Å². The fourth-order valence-corrected chi connectivity index (χ4v) is 1.76. The number of nitrogens with zero attached hydrogens (tertiary/aromatic N) is 1. The largest absolute Gasteiger partial charge is 0.480 e. The van der Waals surface area contributed by atoms with Gasteiger partial charge in [-0.25, -0.2) is 0 Å². The summed E-state index contributed by atoms with van der Waals surface area (Å²) in [7, 11) is 0. The van der Waals surface area contributed by atoms with Gasteiger partial charge in [-0.1, -0.05) is 42.5 Å². The monoisotopic (exact) mass is 231 g/mol. The average Bonchev–Trinajstić information content (AvgIpc) is 2.31. The summed E-state index contributed by atoms with van der Waals surface area (Å²) < 4.78 is 0. The standard InChI is InChI=1S/C14H17NO2/c1-3-10-15(11-4-2)13(14(16)17)12-8-6-5-7-9-12/h3-9,13H,1-2,10-11H2,(H,16,17). The zero-order valence-corrected chi connectivity index (χ0v) is 9.75. The molecular formula is C14H17NO2. The molecule has 0 bridgehead atoms. The summed E-state index contributed by atoms with van der Waals surface area (Å²) in [6.07, 6.45) is 3.39. The first-order valence-electron chi connectivity index (χ1n) is 5.44. The quantitative estimate of drug-likeness (QED) is 0.733. The van der Waals surface area contributed by atoms with Gasteiger partial charge < -0.3 is 5.11 Å². The van der Waals surface area contributed by atoms with E-state index in [9.17, 15) is 9.90 Å². The maximum atomic E-state index is 11.4. The van der Waals surface area contributed by atoms with Crippen LogP contribution in [0.2, 0.25) is 0 Å². The van der Waals surface area contributed by atoms with Crippen molar-refractivity contribution < 1.29 is 9.90 Å². The molecule has 0 amide bonds. The molecule has 0 radical (unpaired) electrons. The molecule has 1 N–H and O–H groups in total. The molecule has 1 unspecified atom stereocenters. The number of carboxylic acid groups (broad SMARTS) is 1. The highest BCUT2D eigenvalue weighted by atomic mass is 16.4. The van der Waals surface area contributed by atoms with E-state index in [0.29, 0.717) is 13.1 Å². The van der Waals surface area contributed by atoms with Crippen LogP contribution >= 0.6 is 0 Å². The van der Waals surface area contributed by atoms with Crippen molar-refractivity contribution in [2.24, 2.45) is 0 Å². The first kappa shape index (κ1) is 13.2. The maximum absolute atomic E-state index is 11.4. The van der Waals surface area contributed by atoms with E-state index >= 15 is 0 Å². The molecule has 17 heavy (non-hydrogen) atoms. The Morgan fingerprint density at radius 3 is 2.18 bits per heavy atom. The summed E-state index contributed by atoms with van der Waals surface area (Å²) in [6, 6.07) is 8.52. The Labute approximate surface area is 102 Å². The second-order valence-corrected chi connectivity index (χ2v) is 3.68. The van der Waals surface area contributed by atoms with Crippen LogP contribution in [0, 0.1) is 0 Å². The lowest BCUT2D eigenvalue weighted by atomic mass is 10.1. The summed E-state index contributed by atoms with van der Waals surface area (Å²) in [6.45, 7) is 8.32. The zero-order chi connectivity index (χ0) is 12.7.